The minimum Gasteiger partial charge on any atom is -0.324 e. The molecule has 2 aromatic rings. The summed E-state index contributed by atoms with van der Waals surface area (Å²) < 4.78 is 0. The zero-order valence-corrected chi connectivity index (χ0v) is 11.3. The molecule has 0 amide bonds. The second-order valence-corrected chi connectivity index (χ2v) is 5.29. The van der Waals surface area contributed by atoms with Gasteiger partial charge in [-0.05, 0) is 35.4 Å². The number of rotatable bonds is 3. The van der Waals surface area contributed by atoms with Crippen LogP contribution in [-0.4, -0.2) is 0 Å². The molecule has 0 aromatic heterocycles. The Morgan fingerprint density at radius 2 is 1.33 bits per heavy atom. The minimum atomic E-state index is -0.0578. The highest BCUT2D eigenvalue weighted by molar-refractivity contribution is 6.30. The zero-order chi connectivity index (χ0) is 13.2. The lowest BCUT2D eigenvalue weighted by molar-refractivity contribution is 0.641. The van der Waals surface area contributed by atoms with Gasteiger partial charge in [-0.2, -0.15) is 0 Å². The first kappa shape index (κ1) is 12.9. The smallest absolute Gasteiger partial charge is 0.0485 e. The van der Waals surface area contributed by atoms with Crippen LogP contribution in [0, 0.1) is 0 Å². The van der Waals surface area contributed by atoms with E-state index in [9.17, 15) is 0 Å². The van der Waals surface area contributed by atoms with Gasteiger partial charge in [0.05, 0.1) is 0 Å². The van der Waals surface area contributed by atoms with Crippen molar-refractivity contribution in [3.05, 3.63) is 64.7 Å². The van der Waals surface area contributed by atoms with Gasteiger partial charge in [-0.3, -0.25) is 5.84 Å². The van der Waals surface area contributed by atoms with E-state index >= 15 is 0 Å². The van der Waals surface area contributed by atoms with Crippen molar-refractivity contribution in [2.24, 2.45) is 5.84 Å². The van der Waals surface area contributed by atoms with Gasteiger partial charge >= 0.3 is 0 Å². The van der Waals surface area contributed by atoms with E-state index in [0.717, 1.165) is 10.7 Å². The third-order valence-electron chi connectivity index (χ3n) is 3.34. The van der Waals surface area contributed by atoms with Crippen molar-refractivity contribution in [3.8, 4) is 0 Å². The molecule has 0 aliphatic heterocycles. The van der Waals surface area contributed by atoms with Crippen LogP contribution in [0.25, 0.3) is 0 Å². The van der Waals surface area contributed by atoms with Gasteiger partial charge in [-0.15, -0.1) is 0 Å². The highest BCUT2D eigenvalue weighted by Gasteiger charge is 2.22. The largest absolute Gasteiger partial charge is 0.324 e. The fourth-order valence-corrected chi connectivity index (χ4v) is 2.14. The summed E-state index contributed by atoms with van der Waals surface area (Å²) in [6.45, 7) is 4.39. The van der Waals surface area contributed by atoms with Crippen molar-refractivity contribution in [2.75, 3.05) is 5.43 Å². The molecule has 94 valence electrons. The monoisotopic (exact) mass is 260 g/mol. The average molecular weight is 261 g/mol. The number of nitrogen functional groups attached to an aromatic ring is 1. The zero-order valence-electron chi connectivity index (χ0n) is 10.6. The number of hydrogen-bond donors (Lipinski definition) is 2. The summed E-state index contributed by atoms with van der Waals surface area (Å²) in [5.74, 6) is 5.37. The first-order chi connectivity index (χ1) is 8.54. The van der Waals surface area contributed by atoms with E-state index in [2.05, 4.69) is 43.5 Å². The Morgan fingerprint density at radius 3 is 1.78 bits per heavy atom. The fraction of sp³-hybridized carbons (Fsp3) is 0.200. The molecule has 0 radical (unpaired) electrons. The molecule has 0 aliphatic carbocycles. The topological polar surface area (TPSA) is 38.0 Å². The van der Waals surface area contributed by atoms with E-state index in [1.807, 2.05) is 24.3 Å². The van der Waals surface area contributed by atoms with Gasteiger partial charge < -0.3 is 5.43 Å². The standard InChI is InChI=1S/C15H17ClN2/c1-15(2,11-3-7-13(16)8-4-11)12-5-9-14(18-17)10-6-12/h3-10,18H,17H2,1-2H3. The van der Waals surface area contributed by atoms with Crippen molar-refractivity contribution >= 4 is 17.3 Å². The summed E-state index contributed by atoms with van der Waals surface area (Å²) in [5, 5.41) is 0.761. The van der Waals surface area contributed by atoms with E-state index in [1.165, 1.54) is 11.1 Å². The number of hydrazine groups is 1. The van der Waals surface area contributed by atoms with Crippen molar-refractivity contribution < 1.29 is 0 Å². The van der Waals surface area contributed by atoms with Crippen molar-refractivity contribution in [3.63, 3.8) is 0 Å². The SMILES string of the molecule is CC(C)(c1ccc(Cl)cc1)c1ccc(NN)cc1. The minimum absolute atomic E-state index is 0.0578. The van der Waals surface area contributed by atoms with Crippen LogP contribution >= 0.6 is 11.6 Å². The molecule has 0 unspecified atom stereocenters. The van der Waals surface area contributed by atoms with Crippen molar-refractivity contribution in [1.29, 1.82) is 0 Å². The number of halogens is 1. The predicted molar refractivity (Wildman–Crippen MR) is 77.8 cm³/mol. The van der Waals surface area contributed by atoms with Crippen LogP contribution in [0.1, 0.15) is 25.0 Å². The van der Waals surface area contributed by atoms with Crippen LogP contribution in [0.3, 0.4) is 0 Å². The summed E-state index contributed by atoms with van der Waals surface area (Å²) in [6, 6.07) is 16.1. The van der Waals surface area contributed by atoms with Gasteiger partial charge in [-0.1, -0.05) is 49.7 Å². The van der Waals surface area contributed by atoms with Gasteiger partial charge in [0.25, 0.3) is 0 Å². The lowest BCUT2D eigenvalue weighted by Gasteiger charge is -2.26. The Hall–Kier alpha value is -1.51. The molecule has 0 saturated carbocycles. The van der Waals surface area contributed by atoms with Crippen molar-refractivity contribution in [1.82, 2.24) is 0 Å². The van der Waals surface area contributed by atoms with E-state index in [-0.39, 0.29) is 5.41 Å². The highest BCUT2D eigenvalue weighted by Crippen LogP contribution is 2.32. The quantitative estimate of drug-likeness (QED) is 0.648. The molecule has 0 atom stereocenters. The van der Waals surface area contributed by atoms with Crippen molar-refractivity contribution in [2.45, 2.75) is 19.3 Å². The maximum atomic E-state index is 5.93. The Kier molecular flexibility index (Phi) is 3.60. The molecule has 0 aliphatic rings. The Bertz CT molecular complexity index is 515. The summed E-state index contributed by atoms with van der Waals surface area (Å²) in [5.41, 5.74) is 5.96. The molecule has 0 heterocycles. The number of hydrogen-bond acceptors (Lipinski definition) is 2. The summed E-state index contributed by atoms with van der Waals surface area (Å²) in [4.78, 5) is 0. The summed E-state index contributed by atoms with van der Waals surface area (Å²) in [7, 11) is 0. The van der Waals surface area contributed by atoms with Crippen LogP contribution in [0.2, 0.25) is 5.02 Å². The predicted octanol–water partition coefficient (Wildman–Crippen LogP) is 3.95. The highest BCUT2D eigenvalue weighted by atomic mass is 35.5. The molecular formula is C15H17ClN2. The molecule has 0 saturated heterocycles. The number of nitrogens with two attached hydrogens (primary N) is 1. The third-order valence-corrected chi connectivity index (χ3v) is 3.59. The second kappa shape index (κ2) is 5.01. The summed E-state index contributed by atoms with van der Waals surface area (Å²) >= 11 is 5.93. The molecule has 2 nitrogen and oxygen atoms in total. The average Bonchev–Trinajstić information content (AvgIpc) is 2.39. The molecular weight excluding hydrogens is 244 g/mol. The molecule has 0 bridgehead atoms. The van der Waals surface area contributed by atoms with Gasteiger partial charge in [-0.25, -0.2) is 0 Å². The van der Waals surface area contributed by atoms with Gasteiger partial charge in [0.15, 0.2) is 0 Å². The van der Waals surface area contributed by atoms with Crippen LogP contribution in [0.15, 0.2) is 48.5 Å². The van der Waals surface area contributed by atoms with E-state index in [4.69, 9.17) is 17.4 Å². The van der Waals surface area contributed by atoms with E-state index in [1.54, 1.807) is 0 Å². The van der Waals surface area contributed by atoms with Gasteiger partial charge in [0.2, 0.25) is 0 Å². The first-order valence-electron chi connectivity index (χ1n) is 5.87. The molecule has 3 N–H and O–H groups in total. The normalized spacial score (nSPS) is 11.3. The van der Waals surface area contributed by atoms with Crippen LogP contribution in [-0.2, 0) is 5.41 Å². The molecule has 0 spiro atoms. The van der Waals surface area contributed by atoms with E-state index < -0.39 is 0 Å². The second-order valence-electron chi connectivity index (χ2n) is 4.85. The molecule has 0 fully saturated rings. The number of nitrogens with one attached hydrogen (secondary N) is 1. The van der Waals surface area contributed by atoms with Crippen LogP contribution in [0.5, 0.6) is 0 Å². The summed E-state index contributed by atoms with van der Waals surface area (Å²) in [6.07, 6.45) is 0. The van der Waals surface area contributed by atoms with Crippen LogP contribution < -0.4 is 11.3 Å². The maximum absolute atomic E-state index is 5.93. The fourth-order valence-electron chi connectivity index (χ4n) is 2.02. The molecule has 2 aromatic carbocycles. The number of benzene rings is 2. The van der Waals surface area contributed by atoms with Crippen LogP contribution in [0.4, 0.5) is 5.69 Å². The lowest BCUT2D eigenvalue weighted by atomic mass is 9.78. The Balaban J connectivity index is 2.37. The molecule has 2 rings (SSSR count). The number of anilines is 1. The maximum Gasteiger partial charge on any atom is 0.0485 e. The lowest BCUT2D eigenvalue weighted by Crippen LogP contribution is -2.18. The third kappa shape index (κ3) is 2.50. The Morgan fingerprint density at radius 1 is 0.889 bits per heavy atom. The molecule has 3 heteroatoms. The molecule has 18 heavy (non-hydrogen) atoms. The first-order valence-corrected chi connectivity index (χ1v) is 6.25. The van der Waals surface area contributed by atoms with Gasteiger partial charge in [0.1, 0.15) is 0 Å². The van der Waals surface area contributed by atoms with E-state index in [0.29, 0.717) is 0 Å². The Labute approximate surface area is 113 Å². The van der Waals surface area contributed by atoms with Gasteiger partial charge in [0, 0.05) is 16.1 Å².